The standard InChI is InChI=1S/C9H12ClN4S/c1-7-2-4-8(5-3-7)15-6-9(10)12-14(11)13-15/h2-6,12-13H,11H2,1H3/q+1. The summed E-state index contributed by atoms with van der Waals surface area (Å²) < 4.78 is 3.05. The average Bonchev–Trinajstić information content (AvgIpc) is 2.17. The molecule has 6 heteroatoms. The van der Waals surface area contributed by atoms with Crippen molar-refractivity contribution in [2.45, 2.75) is 6.92 Å². The van der Waals surface area contributed by atoms with Gasteiger partial charge in [0, 0.05) is 12.1 Å². The van der Waals surface area contributed by atoms with Crippen LogP contribution in [-0.2, 0) is 0 Å². The summed E-state index contributed by atoms with van der Waals surface area (Å²) >= 11 is 5.88. The van der Waals surface area contributed by atoms with Gasteiger partial charge in [0.25, 0.3) is 0 Å². The average molecular weight is 244 g/mol. The van der Waals surface area contributed by atoms with E-state index in [4.69, 9.17) is 17.4 Å². The van der Waals surface area contributed by atoms with E-state index in [0.29, 0.717) is 5.15 Å². The van der Waals surface area contributed by atoms with Crippen LogP contribution < -0.4 is 5.84 Å². The molecule has 1 atom stereocenters. The highest BCUT2D eigenvalue weighted by Crippen LogP contribution is 2.27. The fourth-order valence-electron chi connectivity index (χ4n) is 1.21. The van der Waals surface area contributed by atoms with Crippen molar-refractivity contribution in [2.75, 3.05) is 5.84 Å². The molecule has 15 heavy (non-hydrogen) atoms. The van der Waals surface area contributed by atoms with Gasteiger partial charge in [0.15, 0.2) is 5.15 Å². The zero-order chi connectivity index (χ0) is 10.8. The molecule has 1 aromatic carbocycles. The van der Waals surface area contributed by atoms with Crippen LogP contribution in [0.2, 0.25) is 5.15 Å². The number of hydrogen-bond acceptors (Lipinski definition) is 1. The van der Waals surface area contributed by atoms with Gasteiger partial charge in [-0.25, -0.2) is 5.10 Å². The molecule has 0 saturated heterocycles. The minimum Gasteiger partial charge on any atom is -0.306 e. The number of hydrogen-bond donors (Lipinski definition) is 3. The molecule has 2 rings (SSSR count). The number of nitrogens with zero attached hydrogens (tertiary/aromatic N) is 1. The van der Waals surface area contributed by atoms with Crippen molar-refractivity contribution in [3.05, 3.63) is 40.4 Å². The van der Waals surface area contributed by atoms with Crippen molar-refractivity contribution in [1.29, 1.82) is 0 Å². The predicted molar refractivity (Wildman–Crippen MR) is 64.5 cm³/mol. The molecule has 0 spiro atoms. The van der Waals surface area contributed by atoms with Crippen molar-refractivity contribution < 1.29 is 0 Å². The van der Waals surface area contributed by atoms with E-state index in [1.165, 1.54) is 10.5 Å². The number of benzene rings is 1. The molecule has 0 radical (unpaired) electrons. The lowest BCUT2D eigenvalue weighted by atomic mass is 10.2. The van der Waals surface area contributed by atoms with Crippen LogP contribution in [-0.4, -0.2) is 14.5 Å². The lowest BCUT2D eigenvalue weighted by Gasteiger charge is -1.99. The van der Waals surface area contributed by atoms with Gasteiger partial charge in [-0.05, 0) is 6.92 Å². The van der Waals surface area contributed by atoms with Crippen LogP contribution in [0.1, 0.15) is 5.56 Å². The molecule has 80 valence electrons. The lowest BCUT2D eigenvalue weighted by molar-refractivity contribution is 0.698. The van der Waals surface area contributed by atoms with E-state index < -0.39 is 0 Å². The highest BCUT2D eigenvalue weighted by Gasteiger charge is 2.09. The molecule has 0 saturated carbocycles. The fourth-order valence-corrected chi connectivity index (χ4v) is 2.80. The quantitative estimate of drug-likeness (QED) is 0.523. The number of rotatable bonds is 1. The maximum absolute atomic E-state index is 5.88. The smallest absolute Gasteiger partial charge is 0.204 e. The molecule has 0 bridgehead atoms. The van der Waals surface area contributed by atoms with Crippen molar-refractivity contribution in [1.82, 2.24) is 14.5 Å². The third-order valence-corrected chi connectivity index (χ3v) is 3.89. The van der Waals surface area contributed by atoms with Gasteiger partial charge in [0.2, 0.25) is 10.3 Å². The Morgan fingerprint density at radius 3 is 2.60 bits per heavy atom. The van der Waals surface area contributed by atoms with Crippen molar-refractivity contribution in [2.24, 2.45) is 0 Å². The highest BCUT2D eigenvalue weighted by atomic mass is 35.5. The van der Waals surface area contributed by atoms with Crippen molar-refractivity contribution in [3.63, 3.8) is 0 Å². The molecule has 0 aliphatic heterocycles. The van der Waals surface area contributed by atoms with E-state index in [0.717, 1.165) is 4.90 Å². The topological polar surface area (TPSA) is 62.5 Å². The number of nitrogens with two attached hydrogens (primary N) is 1. The van der Waals surface area contributed by atoms with Crippen molar-refractivity contribution in [3.8, 4) is 4.90 Å². The molecular formula is C9H12ClN4S+. The molecule has 1 heterocycles. The normalized spacial score (nSPS) is 11.5. The largest absolute Gasteiger partial charge is 0.306 e. The Bertz CT molecular complexity index is 466. The second-order valence-electron chi connectivity index (χ2n) is 3.19. The Balaban J connectivity index is 2.49. The summed E-state index contributed by atoms with van der Waals surface area (Å²) in [7, 11) is -0.282. The summed E-state index contributed by atoms with van der Waals surface area (Å²) in [6, 6.07) is 8.25. The Morgan fingerprint density at radius 1 is 1.33 bits per heavy atom. The number of aromatic amines is 2. The van der Waals surface area contributed by atoms with Crippen LogP contribution >= 0.6 is 22.3 Å². The van der Waals surface area contributed by atoms with Crippen LogP contribution in [0.4, 0.5) is 0 Å². The lowest BCUT2D eigenvalue weighted by Crippen LogP contribution is -2.16. The van der Waals surface area contributed by atoms with Gasteiger partial charge in [0.05, 0.1) is 0 Å². The Kier molecular flexibility index (Phi) is 2.75. The third kappa shape index (κ3) is 2.37. The first kappa shape index (κ1) is 10.2. The van der Waals surface area contributed by atoms with Crippen LogP contribution in [0.5, 0.6) is 0 Å². The predicted octanol–water partition coefficient (Wildman–Crippen LogP) is 2.68. The van der Waals surface area contributed by atoms with E-state index in [1.54, 1.807) is 0 Å². The second-order valence-corrected chi connectivity index (χ2v) is 5.16. The van der Waals surface area contributed by atoms with Crippen molar-refractivity contribution >= 4 is 22.3 Å². The van der Waals surface area contributed by atoms with E-state index in [-0.39, 0.29) is 10.7 Å². The van der Waals surface area contributed by atoms with Gasteiger partial charge in [-0.2, -0.15) is 0 Å². The van der Waals surface area contributed by atoms with E-state index >= 15 is 0 Å². The number of nitrogens with one attached hydrogen (secondary N) is 2. The molecular weight excluding hydrogens is 232 g/mol. The molecule has 0 aliphatic carbocycles. The van der Waals surface area contributed by atoms with Gasteiger partial charge >= 0.3 is 0 Å². The number of halogens is 1. The number of aromatic nitrogens is 3. The van der Waals surface area contributed by atoms with Gasteiger partial charge in [-0.1, -0.05) is 38.7 Å². The van der Waals surface area contributed by atoms with Gasteiger partial charge in [0.1, 0.15) is 10.7 Å². The molecule has 4 nitrogen and oxygen atoms in total. The molecule has 0 amide bonds. The molecule has 2 aromatic rings. The SMILES string of the molecule is Cc1ccc(-[s+]2cc(Cl)[nH]n(N)[nH]2)cc1. The summed E-state index contributed by atoms with van der Waals surface area (Å²) in [5.41, 5.74) is 1.23. The van der Waals surface area contributed by atoms with Gasteiger partial charge < -0.3 is 5.84 Å². The molecule has 0 fully saturated rings. The summed E-state index contributed by atoms with van der Waals surface area (Å²) in [6.45, 7) is 2.06. The zero-order valence-corrected chi connectivity index (χ0v) is 9.77. The fraction of sp³-hybridized carbons (Fsp3) is 0.111. The van der Waals surface area contributed by atoms with Gasteiger partial charge in [-0.3, -0.25) is 0 Å². The number of H-pyrrole nitrogens is 2. The minimum atomic E-state index is -0.282. The Morgan fingerprint density at radius 2 is 2.00 bits per heavy atom. The maximum Gasteiger partial charge on any atom is 0.204 e. The highest BCUT2D eigenvalue weighted by molar-refractivity contribution is 7.33. The van der Waals surface area contributed by atoms with Crippen LogP contribution in [0.25, 0.3) is 4.90 Å². The Labute approximate surface area is 95.0 Å². The third-order valence-electron chi connectivity index (χ3n) is 1.92. The first-order valence-corrected chi connectivity index (χ1v) is 6.06. The molecule has 1 unspecified atom stereocenters. The van der Waals surface area contributed by atoms with Crippen LogP contribution in [0.3, 0.4) is 0 Å². The summed E-state index contributed by atoms with van der Waals surface area (Å²) in [4.78, 5) is 2.42. The number of nitrogen functional groups attached to an aromatic ring is 1. The van der Waals surface area contributed by atoms with E-state index in [2.05, 4.69) is 40.8 Å². The van der Waals surface area contributed by atoms with Gasteiger partial charge in [-0.15, -0.1) is 0 Å². The molecule has 0 aliphatic rings. The molecule has 4 N–H and O–H groups in total. The summed E-state index contributed by atoms with van der Waals surface area (Å²) in [5, 5.41) is 5.15. The minimum absolute atomic E-state index is 0.282. The Hall–Kier alpha value is -1.33. The summed E-state index contributed by atoms with van der Waals surface area (Å²) in [5.74, 6) is 5.58. The maximum atomic E-state index is 5.88. The first-order chi connectivity index (χ1) is 7.15. The monoisotopic (exact) mass is 243 g/mol. The van der Waals surface area contributed by atoms with E-state index in [9.17, 15) is 0 Å². The zero-order valence-electron chi connectivity index (χ0n) is 8.20. The number of aryl methyl sites for hydroxylation is 1. The first-order valence-electron chi connectivity index (χ1n) is 4.40. The molecule has 1 aromatic heterocycles. The van der Waals surface area contributed by atoms with Crippen LogP contribution in [0.15, 0.2) is 29.6 Å². The van der Waals surface area contributed by atoms with E-state index in [1.807, 2.05) is 5.38 Å². The second kappa shape index (κ2) is 4.04. The summed E-state index contributed by atoms with van der Waals surface area (Å²) in [6.07, 6.45) is 0. The van der Waals surface area contributed by atoms with Crippen LogP contribution in [0, 0.1) is 6.92 Å².